The molecule has 3 N–H and O–H groups in total. The maximum absolute atomic E-state index is 10.2. The lowest BCUT2D eigenvalue weighted by atomic mass is 9.84. The molecule has 3 heteroatoms. The Kier molecular flexibility index (Phi) is 8.30. The van der Waals surface area contributed by atoms with Gasteiger partial charge in [-0.2, -0.15) is 0 Å². The number of hydrogen-bond acceptors (Lipinski definition) is 3. The SMILES string of the molecule is CCC(C)(C)CCCCc1cc(CCCCC(C)(C)C)c(O)c(O)c1O. The number of aromatic hydroxyl groups is 3. The topological polar surface area (TPSA) is 60.7 Å². The second-order valence-electron chi connectivity index (χ2n) is 9.73. The first-order valence-electron chi connectivity index (χ1n) is 10.2. The molecule has 0 amide bonds. The summed E-state index contributed by atoms with van der Waals surface area (Å²) in [5, 5.41) is 30.4. The van der Waals surface area contributed by atoms with E-state index in [1.807, 2.05) is 6.07 Å². The zero-order valence-corrected chi connectivity index (χ0v) is 17.8. The van der Waals surface area contributed by atoms with Gasteiger partial charge in [-0.25, -0.2) is 0 Å². The molecule has 0 aliphatic rings. The van der Waals surface area contributed by atoms with Gasteiger partial charge in [0.2, 0.25) is 5.75 Å². The van der Waals surface area contributed by atoms with Gasteiger partial charge < -0.3 is 15.3 Å². The van der Waals surface area contributed by atoms with Crippen LogP contribution in [0.3, 0.4) is 0 Å². The lowest BCUT2D eigenvalue weighted by molar-refractivity contribution is 0.309. The monoisotopic (exact) mass is 364 g/mol. The maximum Gasteiger partial charge on any atom is 0.200 e. The highest BCUT2D eigenvalue weighted by Gasteiger charge is 2.18. The van der Waals surface area contributed by atoms with E-state index in [0.717, 1.165) is 68.9 Å². The molecule has 1 aromatic rings. The number of phenolic OH excluding ortho intramolecular Hbond substituents is 3. The summed E-state index contributed by atoms with van der Waals surface area (Å²) in [6.45, 7) is 13.5. The van der Waals surface area contributed by atoms with Gasteiger partial charge in [0, 0.05) is 0 Å². The number of rotatable bonds is 10. The maximum atomic E-state index is 10.2. The number of benzene rings is 1. The predicted molar refractivity (Wildman–Crippen MR) is 110 cm³/mol. The first-order valence-corrected chi connectivity index (χ1v) is 10.2. The summed E-state index contributed by atoms with van der Waals surface area (Å²) in [6.07, 6.45) is 9.06. The Hall–Kier alpha value is -1.38. The minimum atomic E-state index is -0.359. The third-order valence-corrected chi connectivity index (χ3v) is 5.54. The molecule has 0 saturated heterocycles. The molecule has 26 heavy (non-hydrogen) atoms. The highest BCUT2D eigenvalue weighted by atomic mass is 16.3. The molecule has 0 bridgehead atoms. The van der Waals surface area contributed by atoms with Crippen molar-refractivity contribution in [2.24, 2.45) is 10.8 Å². The van der Waals surface area contributed by atoms with Gasteiger partial charge in [0.05, 0.1) is 0 Å². The summed E-state index contributed by atoms with van der Waals surface area (Å²) in [4.78, 5) is 0. The Balaban J connectivity index is 2.67. The lowest BCUT2D eigenvalue weighted by Crippen LogP contribution is -2.09. The summed E-state index contributed by atoms with van der Waals surface area (Å²) in [5.74, 6) is -0.674. The molecule has 0 aliphatic carbocycles. The smallest absolute Gasteiger partial charge is 0.200 e. The van der Waals surface area contributed by atoms with E-state index in [4.69, 9.17) is 0 Å². The fraction of sp³-hybridized carbons (Fsp3) is 0.739. The molecule has 0 saturated carbocycles. The van der Waals surface area contributed by atoms with Crippen LogP contribution in [0.4, 0.5) is 0 Å². The van der Waals surface area contributed by atoms with E-state index in [1.165, 1.54) is 0 Å². The van der Waals surface area contributed by atoms with Gasteiger partial charge >= 0.3 is 0 Å². The van der Waals surface area contributed by atoms with Crippen molar-refractivity contribution in [2.75, 3.05) is 0 Å². The molecule has 0 unspecified atom stereocenters. The summed E-state index contributed by atoms with van der Waals surface area (Å²) in [5.41, 5.74) is 2.17. The fourth-order valence-electron chi connectivity index (χ4n) is 3.21. The van der Waals surface area contributed by atoms with Crippen LogP contribution in [-0.4, -0.2) is 15.3 Å². The van der Waals surface area contributed by atoms with Crippen LogP contribution in [0.5, 0.6) is 17.2 Å². The van der Waals surface area contributed by atoms with Gasteiger partial charge in [0.25, 0.3) is 0 Å². The van der Waals surface area contributed by atoms with E-state index in [9.17, 15) is 15.3 Å². The molecule has 0 spiro atoms. The van der Waals surface area contributed by atoms with E-state index in [-0.39, 0.29) is 17.2 Å². The summed E-state index contributed by atoms with van der Waals surface area (Å²) in [7, 11) is 0. The average Bonchev–Trinajstić information content (AvgIpc) is 2.55. The molecular weight excluding hydrogens is 324 g/mol. The Morgan fingerprint density at radius 3 is 1.58 bits per heavy atom. The lowest BCUT2D eigenvalue weighted by Gasteiger charge is -2.22. The van der Waals surface area contributed by atoms with Crippen LogP contribution in [0.15, 0.2) is 6.07 Å². The van der Waals surface area contributed by atoms with Crippen molar-refractivity contribution in [1.29, 1.82) is 0 Å². The van der Waals surface area contributed by atoms with E-state index in [2.05, 4.69) is 41.5 Å². The zero-order valence-electron chi connectivity index (χ0n) is 17.8. The largest absolute Gasteiger partial charge is 0.504 e. The molecular formula is C23H40O3. The number of phenols is 3. The van der Waals surface area contributed by atoms with Gasteiger partial charge in [-0.05, 0) is 66.5 Å². The Morgan fingerprint density at radius 1 is 0.692 bits per heavy atom. The Morgan fingerprint density at radius 2 is 1.15 bits per heavy atom. The van der Waals surface area contributed by atoms with Crippen molar-refractivity contribution < 1.29 is 15.3 Å². The molecule has 0 atom stereocenters. The molecule has 0 heterocycles. The third kappa shape index (κ3) is 7.47. The molecule has 0 fully saturated rings. The van der Waals surface area contributed by atoms with Gasteiger partial charge in [-0.3, -0.25) is 0 Å². The quantitative estimate of drug-likeness (QED) is 0.319. The molecule has 1 rings (SSSR count). The van der Waals surface area contributed by atoms with Gasteiger partial charge in [0.1, 0.15) is 0 Å². The van der Waals surface area contributed by atoms with Crippen LogP contribution in [0.25, 0.3) is 0 Å². The second kappa shape index (κ2) is 9.53. The Bertz CT molecular complexity index is 568. The average molecular weight is 365 g/mol. The summed E-state index contributed by atoms with van der Waals surface area (Å²) >= 11 is 0. The normalized spacial score (nSPS) is 12.5. The minimum absolute atomic E-state index is 0.157. The van der Waals surface area contributed by atoms with Crippen molar-refractivity contribution in [2.45, 2.75) is 99.3 Å². The first kappa shape index (κ1) is 22.7. The summed E-state index contributed by atoms with van der Waals surface area (Å²) < 4.78 is 0. The van der Waals surface area contributed by atoms with Crippen molar-refractivity contribution in [3.8, 4) is 17.2 Å². The Labute approximate surface area is 160 Å². The fourth-order valence-corrected chi connectivity index (χ4v) is 3.21. The van der Waals surface area contributed by atoms with Crippen LogP contribution in [-0.2, 0) is 12.8 Å². The zero-order chi connectivity index (χ0) is 20.0. The number of aryl methyl sites for hydroxylation is 2. The molecule has 3 nitrogen and oxygen atoms in total. The van der Waals surface area contributed by atoms with Crippen LogP contribution in [0.1, 0.15) is 97.6 Å². The first-order chi connectivity index (χ1) is 12.0. The molecule has 0 aliphatic heterocycles. The highest BCUT2D eigenvalue weighted by molar-refractivity contribution is 5.57. The molecule has 150 valence electrons. The molecule has 0 aromatic heterocycles. The van der Waals surface area contributed by atoms with E-state index >= 15 is 0 Å². The standard InChI is InChI=1S/C23H40O3/c1-7-23(5,6)15-11-9-13-18-16-17(19(24)21(26)20(18)25)12-8-10-14-22(2,3)4/h16,24-26H,7-15H2,1-6H3. The van der Waals surface area contributed by atoms with Crippen molar-refractivity contribution >= 4 is 0 Å². The van der Waals surface area contributed by atoms with E-state index in [1.54, 1.807) is 0 Å². The minimum Gasteiger partial charge on any atom is -0.504 e. The van der Waals surface area contributed by atoms with Crippen LogP contribution in [0, 0.1) is 10.8 Å². The second-order valence-corrected chi connectivity index (χ2v) is 9.73. The molecule has 0 radical (unpaired) electrons. The van der Waals surface area contributed by atoms with Crippen LogP contribution < -0.4 is 0 Å². The van der Waals surface area contributed by atoms with E-state index < -0.39 is 0 Å². The van der Waals surface area contributed by atoms with Gasteiger partial charge in [0.15, 0.2) is 11.5 Å². The number of hydrogen-bond donors (Lipinski definition) is 3. The van der Waals surface area contributed by atoms with Gasteiger partial charge in [-0.1, -0.05) is 60.8 Å². The van der Waals surface area contributed by atoms with Crippen molar-refractivity contribution in [3.05, 3.63) is 17.2 Å². The molecule has 1 aromatic carbocycles. The van der Waals surface area contributed by atoms with Crippen LogP contribution >= 0.6 is 0 Å². The summed E-state index contributed by atoms with van der Waals surface area (Å²) in [6, 6.07) is 1.88. The van der Waals surface area contributed by atoms with Crippen LogP contribution in [0.2, 0.25) is 0 Å². The van der Waals surface area contributed by atoms with Gasteiger partial charge in [-0.15, -0.1) is 0 Å². The van der Waals surface area contributed by atoms with Crippen molar-refractivity contribution in [1.82, 2.24) is 0 Å². The van der Waals surface area contributed by atoms with E-state index in [0.29, 0.717) is 10.8 Å². The predicted octanol–water partition coefficient (Wildman–Crippen LogP) is 6.71. The number of unbranched alkanes of at least 4 members (excludes halogenated alkanes) is 2. The highest BCUT2D eigenvalue weighted by Crippen LogP contribution is 2.41. The van der Waals surface area contributed by atoms with Crippen molar-refractivity contribution in [3.63, 3.8) is 0 Å². The third-order valence-electron chi connectivity index (χ3n) is 5.54.